The number of thioether (sulfide) groups is 1. The molecule has 1 saturated heterocycles. The number of hydrogen-bond donors (Lipinski definition) is 0. The Morgan fingerprint density at radius 2 is 1.56 bits per heavy atom. The van der Waals surface area contributed by atoms with Gasteiger partial charge in [-0.25, -0.2) is 14.4 Å². The molecule has 0 unspecified atom stereocenters. The van der Waals surface area contributed by atoms with E-state index in [1.807, 2.05) is 66.3 Å². The second kappa shape index (κ2) is 16.9. The van der Waals surface area contributed by atoms with Gasteiger partial charge in [-0.05, 0) is 58.5 Å². The monoisotopic (exact) mass is 712 g/mol. The van der Waals surface area contributed by atoms with Gasteiger partial charge in [-0.3, -0.25) is 9.59 Å². The zero-order valence-electron chi connectivity index (χ0n) is 27.8. The second-order valence-electron chi connectivity index (χ2n) is 12.2. The fourth-order valence-electron chi connectivity index (χ4n) is 5.63. The first-order chi connectivity index (χ1) is 24.3. The van der Waals surface area contributed by atoms with E-state index in [1.54, 1.807) is 29.4 Å². The van der Waals surface area contributed by atoms with E-state index in [2.05, 4.69) is 19.9 Å². The van der Waals surface area contributed by atoms with Crippen molar-refractivity contribution >= 4 is 35.2 Å². The number of nitrogens with zero attached hydrogens (tertiary/aromatic N) is 6. The topological polar surface area (TPSA) is 93.5 Å². The van der Waals surface area contributed by atoms with Crippen LogP contribution in [0.5, 0.6) is 0 Å². The normalized spacial score (nSPS) is 13.0. The molecule has 1 amide bonds. The molecule has 1 fully saturated rings. The van der Waals surface area contributed by atoms with Gasteiger partial charge in [0.25, 0.3) is 5.56 Å². The van der Waals surface area contributed by atoms with Gasteiger partial charge >= 0.3 is 0 Å². The number of carbonyl (C=O) groups is 1. The number of ether oxygens (including phenoxy) is 1. The first-order valence-electron chi connectivity index (χ1n) is 16.5. The minimum atomic E-state index is -0.321. The zero-order chi connectivity index (χ0) is 34.9. The molecule has 50 heavy (non-hydrogen) atoms. The van der Waals surface area contributed by atoms with Crippen molar-refractivity contribution in [2.75, 3.05) is 38.3 Å². The highest BCUT2D eigenvalue weighted by molar-refractivity contribution is 7.98. The van der Waals surface area contributed by atoms with Crippen LogP contribution in [-0.4, -0.2) is 63.7 Å². The van der Waals surface area contributed by atoms with E-state index in [9.17, 15) is 14.0 Å². The standard InChI is InChI=1S/C38H38ClFN6O3S/c1-44(24-27-4-8-30(9-5-27)31-10-12-33(39)13-11-31)35(47)3-2-16-46-25-32(21-29-22-41-37(42-23-29)45-17-19-49-20-18-45)36(48)43-38(46)50-26-28-6-14-34(40)15-7-28/h4-15,22-23,25H,2-3,16-21,24,26H2,1H3. The van der Waals surface area contributed by atoms with Crippen molar-refractivity contribution < 1.29 is 13.9 Å². The van der Waals surface area contributed by atoms with Crippen LogP contribution in [0.3, 0.4) is 0 Å². The number of aryl methyl sites for hydroxylation is 1. The maximum Gasteiger partial charge on any atom is 0.277 e. The molecule has 2 aromatic heterocycles. The molecule has 0 radical (unpaired) electrons. The van der Waals surface area contributed by atoms with Crippen LogP contribution in [-0.2, 0) is 34.8 Å². The summed E-state index contributed by atoms with van der Waals surface area (Å²) in [5, 5.41) is 1.24. The first-order valence-corrected chi connectivity index (χ1v) is 17.9. The molecular formula is C38H38ClFN6O3S. The highest BCUT2D eigenvalue weighted by Gasteiger charge is 2.16. The largest absolute Gasteiger partial charge is 0.378 e. The molecule has 3 aromatic carbocycles. The van der Waals surface area contributed by atoms with Gasteiger partial charge < -0.3 is 19.1 Å². The van der Waals surface area contributed by atoms with Crippen LogP contribution in [0.4, 0.5) is 10.3 Å². The number of carbonyl (C=O) groups excluding carboxylic acids is 1. The number of amides is 1. The van der Waals surface area contributed by atoms with E-state index in [-0.39, 0.29) is 17.3 Å². The Morgan fingerprint density at radius 3 is 2.24 bits per heavy atom. The molecule has 0 N–H and O–H groups in total. The van der Waals surface area contributed by atoms with Gasteiger partial charge in [0.1, 0.15) is 5.82 Å². The van der Waals surface area contributed by atoms with Gasteiger partial charge in [0.15, 0.2) is 5.16 Å². The number of hydrogen-bond acceptors (Lipinski definition) is 8. The third-order valence-electron chi connectivity index (χ3n) is 8.46. The van der Waals surface area contributed by atoms with Gasteiger partial charge in [0, 0.05) is 81.0 Å². The lowest BCUT2D eigenvalue weighted by Crippen LogP contribution is -2.37. The molecule has 9 nitrogen and oxygen atoms in total. The van der Waals surface area contributed by atoms with Crippen LogP contribution in [0.15, 0.2) is 101 Å². The van der Waals surface area contributed by atoms with Crippen molar-refractivity contribution in [1.29, 1.82) is 0 Å². The molecule has 5 aromatic rings. The molecular weight excluding hydrogens is 675 g/mol. The van der Waals surface area contributed by atoms with Crippen molar-refractivity contribution in [2.45, 2.75) is 43.3 Å². The molecule has 0 aliphatic carbocycles. The van der Waals surface area contributed by atoms with E-state index in [1.165, 1.54) is 23.9 Å². The van der Waals surface area contributed by atoms with Crippen LogP contribution in [0.25, 0.3) is 11.1 Å². The molecule has 0 saturated carbocycles. The molecule has 12 heteroatoms. The molecule has 6 rings (SSSR count). The molecule has 0 spiro atoms. The Balaban J connectivity index is 1.10. The van der Waals surface area contributed by atoms with Crippen LogP contribution in [0.1, 0.15) is 35.1 Å². The Labute approximate surface area is 300 Å². The van der Waals surface area contributed by atoms with Crippen molar-refractivity contribution in [3.8, 4) is 11.1 Å². The Hall–Kier alpha value is -4.58. The summed E-state index contributed by atoms with van der Waals surface area (Å²) in [4.78, 5) is 43.7. The quantitative estimate of drug-likeness (QED) is 0.0990. The molecule has 3 heterocycles. The van der Waals surface area contributed by atoms with Gasteiger partial charge in [0.05, 0.1) is 13.2 Å². The highest BCUT2D eigenvalue weighted by atomic mass is 35.5. The van der Waals surface area contributed by atoms with Gasteiger partial charge in [-0.2, -0.15) is 4.98 Å². The fourth-order valence-corrected chi connectivity index (χ4v) is 6.70. The van der Waals surface area contributed by atoms with E-state index >= 15 is 0 Å². The number of aromatic nitrogens is 4. The fraction of sp³-hybridized carbons (Fsp3) is 0.289. The summed E-state index contributed by atoms with van der Waals surface area (Å²) in [6.07, 6.45) is 6.55. The summed E-state index contributed by atoms with van der Waals surface area (Å²) in [5.74, 6) is 0.884. The minimum Gasteiger partial charge on any atom is -0.378 e. The van der Waals surface area contributed by atoms with Crippen LogP contribution < -0.4 is 10.5 Å². The minimum absolute atomic E-state index is 0.0269. The molecule has 0 bridgehead atoms. The van der Waals surface area contributed by atoms with Gasteiger partial charge in [-0.1, -0.05) is 71.9 Å². The SMILES string of the molecule is CN(Cc1ccc(-c2ccc(Cl)cc2)cc1)C(=O)CCCn1cc(Cc2cnc(N3CCOCC3)nc2)c(=O)nc1SCc1ccc(F)cc1. The third kappa shape index (κ3) is 9.56. The molecule has 1 aliphatic rings. The number of halogens is 2. The Bertz CT molecular complexity index is 1940. The average Bonchev–Trinajstić information content (AvgIpc) is 3.14. The van der Waals surface area contributed by atoms with Crippen molar-refractivity contribution in [3.63, 3.8) is 0 Å². The summed E-state index contributed by atoms with van der Waals surface area (Å²) >= 11 is 7.43. The van der Waals surface area contributed by atoms with Crippen molar-refractivity contribution in [3.05, 3.63) is 135 Å². The lowest BCUT2D eigenvalue weighted by atomic mass is 10.0. The summed E-state index contributed by atoms with van der Waals surface area (Å²) in [6.45, 7) is 3.75. The smallest absolute Gasteiger partial charge is 0.277 e. The Kier molecular flexibility index (Phi) is 11.9. The third-order valence-corrected chi connectivity index (χ3v) is 9.77. The lowest BCUT2D eigenvalue weighted by molar-refractivity contribution is -0.130. The molecule has 258 valence electrons. The van der Waals surface area contributed by atoms with E-state index < -0.39 is 0 Å². The number of anilines is 1. The number of rotatable bonds is 13. The van der Waals surface area contributed by atoms with Crippen molar-refractivity contribution in [1.82, 2.24) is 24.4 Å². The van der Waals surface area contributed by atoms with E-state index in [0.717, 1.165) is 40.9 Å². The summed E-state index contributed by atoms with van der Waals surface area (Å²) in [7, 11) is 1.81. The predicted molar refractivity (Wildman–Crippen MR) is 195 cm³/mol. The lowest BCUT2D eigenvalue weighted by Gasteiger charge is -2.26. The van der Waals surface area contributed by atoms with Crippen LogP contribution >= 0.6 is 23.4 Å². The second-order valence-corrected chi connectivity index (χ2v) is 13.6. The van der Waals surface area contributed by atoms with E-state index in [0.29, 0.717) is 73.0 Å². The highest BCUT2D eigenvalue weighted by Crippen LogP contribution is 2.24. The average molecular weight is 713 g/mol. The summed E-state index contributed by atoms with van der Waals surface area (Å²) < 4.78 is 20.8. The molecule has 1 aliphatic heterocycles. The Morgan fingerprint density at radius 1 is 0.920 bits per heavy atom. The van der Waals surface area contributed by atoms with Crippen molar-refractivity contribution in [2.24, 2.45) is 0 Å². The van der Waals surface area contributed by atoms with E-state index in [4.69, 9.17) is 16.3 Å². The van der Waals surface area contributed by atoms with Gasteiger partial charge in [0.2, 0.25) is 11.9 Å². The first kappa shape index (κ1) is 35.3. The number of benzene rings is 3. The predicted octanol–water partition coefficient (Wildman–Crippen LogP) is 6.65. The number of morpholine rings is 1. The van der Waals surface area contributed by atoms with Gasteiger partial charge in [-0.15, -0.1) is 0 Å². The molecule has 0 atom stereocenters. The van der Waals surface area contributed by atoms with Crippen LogP contribution in [0, 0.1) is 5.82 Å². The summed E-state index contributed by atoms with van der Waals surface area (Å²) in [6, 6.07) is 22.2. The summed E-state index contributed by atoms with van der Waals surface area (Å²) in [5.41, 5.74) is 5.11. The maximum absolute atomic E-state index is 13.5. The zero-order valence-corrected chi connectivity index (χ0v) is 29.4. The van der Waals surface area contributed by atoms with Crippen LogP contribution in [0.2, 0.25) is 5.02 Å². The maximum atomic E-state index is 13.5.